The first-order chi connectivity index (χ1) is 24.5. The number of nitrogens with one attached hydrogen (secondary N) is 1. The SMILES string of the molecule is COc1ccc(CN(c2nn(C)c3c(-n4c(C(Cc5cc(F)cc(F)c5)NC(=O)O)nc5nc(C)cc(C)c5c4=O)ccc(Cl)c23)S(C)(=O)=O)cc1. The summed E-state index contributed by atoms with van der Waals surface area (Å²) in [5, 5.41) is 17.2. The number of aryl methyl sites for hydroxylation is 3. The molecular formula is C35H32ClF2N7O6S. The smallest absolute Gasteiger partial charge is 0.405 e. The molecule has 0 saturated heterocycles. The van der Waals surface area contributed by atoms with Gasteiger partial charge in [-0.2, -0.15) is 5.10 Å². The molecule has 0 bridgehead atoms. The zero-order valence-electron chi connectivity index (χ0n) is 28.5. The van der Waals surface area contributed by atoms with Gasteiger partial charge in [-0.1, -0.05) is 23.7 Å². The van der Waals surface area contributed by atoms with Crippen LogP contribution in [0.15, 0.2) is 65.5 Å². The number of halogens is 3. The number of fused-ring (bicyclic) bond motifs is 2. The zero-order valence-corrected chi connectivity index (χ0v) is 30.1. The number of hydrogen-bond donors (Lipinski definition) is 2. The van der Waals surface area contributed by atoms with Crippen LogP contribution in [-0.4, -0.2) is 57.3 Å². The van der Waals surface area contributed by atoms with Crippen molar-refractivity contribution >= 4 is 55.5 Å². The number of carbonyl (C=O) groups is 1. The van der Waals surface area contributed by atoms with E-state index in [1.54, 1.807) is 44.2 Å². The van der Waals surface area contributed by atoms with Gasteiger partial charge >= 0.3 is 6.09 Å². The highest BCUT2D eigenvalue weighted by atomic mass is 35.5. The van der Waals surface area contributed by atoms with Crippen LogP contribution in [0.5, 0.6) is 5.75 Å². The Hall–Kier alpha value is -5.61. The van der Waals surface area contributed by atoms with Crippen molar-refractivity contribution in [1.29, 1.82) is 0 Å². The first-order valence-electron chi connectivity index (χ1n) is 15.7. The molecule has 0 aliphatic rings. The lowest BCUT2D eigenvalue weighted by Gasteiger charge is -2.23. The summed E-state index contributed by atoms with van der Waals surface area (Å²) in [5.74, 6) is -1.38. The number of benzene rings is 3. The molecule has 1 unspecified atom stereocenters. The predicted molar refractivity (Wildman–Crippen MR) is 192 cm³/mol. The number of aromatic nitrogens is 5. The number of pyridine rings is 1. The van der Waals surface area contributed by atoms with E-state index in [2.05, 4.69) is 15.4 Å². The maximum atomic E-state index is 14.7. The fourth-order valence-corrected chi connectivity index (χ4v) is 7.33. The first-order valence-corrected chi connectivity index (χ1v) is 17.9. The van der Waals surface area contributed by atoms with Gasteiger partial charge in [0, 0.05) is 25.2 Å². The Morgan fingerprint density at radius 2 is 1.69 bits per heavy atom. The van der Waals surface area contributed by atoms with E-state index in [1.165, 1.54) is 35.5 Å². The quantitative estimate of drug-likeness (QED) is 0.178. The van der Waals surface area contributed by atoms with Crippen LogP contribution >= 0.6 is 11.6 Å². The third-order valence-electron chi connectivity index (χ3n) is 8.42. The number of hydrogen-bond acceptors (Lipinski definition) is 8. The average Bonchev–Trinajstić information content (AvgIpc) is 3.39. The van der Waals surface area contributed by atoms with Gasteiger partial charge in [-0.05, 0) is 73.0 Å². The molecule has 0 aliphatic heterocycles. The molecule has 13 nitrogen and oxygen atoms in total. The minimum absolute atomic E-state index is 0.0232. The Bertz CT molecular complexity index is 2540. The van der Waals surface area contributed by atoms with E-state index in [0.29, 0.717) is 28.6 Å². The number of sulfonamides is 1. The highest BCUT2D eigenvalue weighted by molar-refractivity contribution is 7.92. The number of anilines is 1. The second-order valence-corrected chi connectivity index (χ2v) is 14.5. The molecule has 1 amide bonds. The summed E-state index contributed by atoms with van der Waals surface area (Å²) in [7, 11) is -0.933. The summed E-state index contributed by atoms with van der Waals surface area (Å²) in [5.41, 5.74) is 1.48. The Kier molecular flexibility index (Phi) is 9.63. The molecule has 0 radical (unpaired) electrons. The minimum Gasteiger partial charge on any atom is -0.497 e. The van der Waals surface area contributed by atoms with Crippen LogP contribution in [0.3, 0.4) is 0 Å². The molecule has 0 fully saturated rings. The second-order valence-electron chi connectivity index (χ2n) is 12.2. The lowest BCUT2D eigenvalue weighted by Crippen LogP contribution is -2.35. The Morgan fingerprint density at radius 1 is 1.02 bits per heavy atom. The van der Waals surface area contributed by atoms with Gasteiger partial charge in [-0.15, -0.1) is 0 Å². The summed E-state index contributed by atoms with van der Waals surface area (Å²) in [6.45, 7) is 3.29. The molecule has 1 atom stereocenters. The summed E-state index contributed by atoms with van der Waals surface area (Å²) in [6.07, 6.45) is -0.789. The Balaban J connectivity index is 1.65. The molecule has 3 aromatic carbocycles. The average molecular weight is 752 g/mol. The van der Waals surface area contributed by atoms with Crippen molar-refractivity contribution in [2.75, 3.05) is 17.7 Å². The van der Waals surface area contributed by atoms with Crippen LogP contribution in [0.4, 0.5) is 19.4 Å². The normalized spacial score (nSPS) is 12.3. The van der Waals surface area contributed by atoms with Crippen LogP contribution in [0.25, 0.3) is 27.6 Å². The molecular weight excluding hydrogens is 720 g/mol. The van der Waals surface area contributed by atoms with Crippen LogP contribution in [0.1, 0.15) is 34.3 Å². The van der Waals surface area contributed by atoms with Crippen LogP contribution in [-0.2, 0) is 30.0 Å². The van der Waals surface area contributed by atoms with Crippen molar-refractivity contribution in [3.05, 3.63) is 116 Å². The highest BCUT2D eigenvalue weighted by Crippen LogP contribution is 2.38. The van der Waals surface area contributed by atoms with E-state index in [1.807, 2.05) is 0 Å². The summed E-state index contributed by atoms with van der Waals surface area (Å²) < 4.78 is 64.1. The Labute approximate surface area is 301 Å². The molecule has 52 heavy (non-hydrogen) atoms. The summed E-state index contributed by atoms with van der Waals surface area (Å²) in [4.78, 5) is 36.0. The molecule has 2 N–H and O–H groups in total. The number of carboxylic acid groups (broad SMARTS) is 1. The van der Waals surface area contributed by atoms with Gasteiger partial charge in [0.25, 0.3) is 5.56 Å². The van der Waals surface area contributed by atoms with Crippen molar-refractivity contribution < 1.29 is 31.8 Å². The van der Waals surface area contributed by atoms with Gasteiger partial charge in [0.15, 0.2) is 11.5 Å². The molecule has 3 heterocycles. The van der Waals surface area contributed by atoms with Crippen molar-refractivity contribution in [1.82, 2.24) is 29.6 Å². The molecule has 0 spiro atoms. The standard InChI is InChI=1S/C35H32ClF2N7O6S/c1-18-12-19(2)39-31-28(18)34(46)45(32(41-31)26(40-35(47)48)15-21-13-22(37)16-23(38)14-21)27-11-10-25(36)29-30(27)43(3)42-33(29)44(52(5,49)50)17-20-6-8-24(51-4)9-7-20/h6-14,16,26,40H,15,17H2,1-5H3,(H,47,48). The number of nitrogens with zero attached hydrogens (tertiary/aromatic N) is 6. The summed E-state index contributed by atoms with van der Waals surface area (Å²) >= 11 is 6.79. The van der Waals surface area contributed by atoms with E-state index in [9.17, 15) is 31.9 Å². The van der Waals surface area contributed by atoms with Gasteiger partial charge in [0.2, 0.25) is 10.0 Å². The predicted octanol–water partition coefficient (Wildman–Crippen LogP) is 5.74. The molecule has 17 heteroatoms. The van der Waals surface area contributed by atoms with Crippen LogP contribution < -0.4 is 19.9 Å². The maximum absolute atomic E-state index is 14.7. The van der Waals surface area contributed by atoms with E-state index >= 15 is 0 Å². The van der Waals surface area contributed by atoms with Gasteiger partial charge < -0.3 is 15.2 Å². The number of ether oxygens (including phenoxy) is 1. The topological polar surface area (TPSA) is 162 Å². The van der Waals surface area contributed by atoms with Crippen molar-refractivity contribution in [2.24, 2.45) is 7.05 Å². The van der Waals surface area contributed by atoms with Gasteiger partial charge in [-0.3, -0.25) is 14.0 Å². The fraction of sp³-hybridized carbons (Fsp3) is 0.229. The van der Waals surface area contributed by atoms with Crippen molar-refractivity contribution in [2.45, 2.75) is 32.9 Å². The van der Waals surface area contributed by atoms with Gasteiger partial charge in [0.1, 0.15) is 23.2 Å². The Morgan fingerprint density at radius 3 is 2.31 bits per heavy atom. The maximum Gasteiger partial charge on any atom is 0.405 e. The first kappa shape index (κ1) is 36.2. The number of amides is 1. The monoisotopic (exact) mass is 751 g/mol. The number of methoxy groups -OCH3 is 1. The highest BCUT2D eigenvalue weighted by Gasteiger charge is 2.30. The molecule has 6 rings (SSSR count). The number of rotatable bonds is 10. The molecule has 270 valence electrons. The molecule has 3 aromatic heterocycles. The second kappa shape index (κ2) is 13.8. The zero-order chi connectivity index (χ0) is 37.6. The van der Waals surface area contributed by atoms with E-state index < -0.39 is 39.4 Å². The van der Waals surface area contributed by atoms with Gasteiger partial charge in [0.05, 0.1) is 53.0 Å². The lowest BCUT2D eigenvalue weighted by molar-refractivity contribution is 0.189. The third-order valence-corrected chi connectivity index (χ3v) is 9.84. The minimum atomic E-state index is -3.99. The largest absolute Gasteiger partial charge is 0.497 e. The van der Waals surface area contributed by atoms with Crippen LogP contribution in [0, 0.1) is 25.5 Å². The van der Waals surface area contributed by atoms with E-state index in [4.69, 9.17) is 21.3 Å². The fourth-order valence-electron chi connectivity index (χ4n) is 6.26. The lowest BCUT2D eigenvalue weighted by atomic mass is 10.0. The molecule has 6 aromatic rings. The van der Waals surface area contributed by atoms with Gasteiger partial charge in [-0.25, -0.2) is 36.3 Å². The van der Waals surface area contributed by atoms with Crippen molar-refractivity contribution in [3.63, 3.8) is 0 Å². The molecule has 0 aliphatic carbocycles. The van der Waals surface area contributed by atoms with E-state index in [-0.39, 0.29) is 62.8 Å². The summed E-state index contributed by atoms with van der Waals surface area (Å²) in [6, 6.07) is 12.9. The third kappa shape index (κ3) is 6.98. The van der Waals surface area contributed by atoms with E-state index in [0.717, 1.165) is 22.7 Å². The van der Waals surface area contributed by atoms with Crippen molar-refractivity contribution in [3.8, 4) is 11.4 Å². The van der Waals surface area contributed by atoms with Crippen LogP contribution in [0.2, 0.25) is 5.02 Å². The molecule has 0 saturated carbocycles.